The molecule has 0 spiro atoms. The van der Waals surface area contributed by atoms with Crippen LogP contribution in [-0.4, -0.2) is 74.4 Å². The van der Waals surface area contributed by atoms with Gasteiger partial charge in [0.1, 0.15) is 5.69 Å². The van der Waals surface area contributed by atoms with E-state index >= 15 is 0 Å². The van der Waals surface area contributed by atoms with E-state index < -0.39 is 0 Å². The predicted molar refractivity (Wildman–Crippen MR) is 148 cm³/mol. The van der Waals surface area contributed by atoms with Crippen LogP contribution in [0.15, 0.2) is 73.3 Å². The van der Waals surface area contributed by atoms with Crippen LogP contribution in [0.25, 0.3) is 22.3 Å². The topological polar surface area (TPSA) is 169 Å². The molecule has 0 radical (unpaired) electrons. The molecule has 5 rings (SSSR count). The Morgan fingerprint density at radius 1 is 1.07 bits per heavy atom. The lowest BCUT2D eigenvalue weighted by Gasteiger charge is -2.11. The van der Waals surface area contributed by atoms with Crippen molar-refractivity contribution in [2.24, 2.45) is 0 Å². The van der Waals surface area contributed by atoms with Crippen molar-refractivity contribution in [3.8, 4) is 11.4 Å². The molecule has 1 amide bonds. The molecular formula is C27H28N8O5. The predicted octanol–water partition coefficient (Wildman–Crippen LogP) is 3.58. The summed E-state index contributed by atoms with van der Waals surface area (Å²) in [6.07, 6.45) is 6.78. The summed E-state index contributed by atoms with van der Waals surface area (Å²) < 4.78 is 12.3. The first-order valence-corrected chi connectivity index (χ1v) is 12.2. The molecule has 0 unspecified atom stereocenters. The van der Waals surface area contributed by atoms with Crippen molar-refractivity contribution in [1.82, 2.24) is 29.9 Å². The van der Waals surface area contributed by atoms with Crippen molar-refractivity contribution >= 4 is 40.3 Å². The molecule has 0 aliphatic carbocycles. The number of aromatic amines is 1. The number of amides is 1. The number of carbonyl (C=O) groups is 2. The van der Waals surface area contributed by atoms with Gasteiger partial charge in [0.05, 0.1) is 55.1 Å². The third-order valence-corrected chi connectivity index (χ3v) is 5.56. The van der Waals surface area contributed by atoms with Gasteiger partial charge in [-0.15, -0.1) is 0 Å². The first kappa shape index (κ1) is 27.9. The highest BCUT2D eigenvalue weighted by Crippen LogP contribution is 2.27. The van der Waals surface area contributed by atoms with Gasteiger partial charge in [-0.3, -0.25) is 24.4 Å². The lowest BCUT2D eigenvalue weighted by Crippen LogP contribution is -2.16. The Kier molecular flexibility index (Phi) is 9.85. The van der Waals surface area contributed by atoms with Crippen LogP contribution in [0.1, 0.15) is 10.5 Å². The summed E-state index contributed by atoms with van der Waals surface area (Å²) in [7, 11) is 1.63. The number of hydrogen-bond donors (Lipinski definition) is 4. The number of pyridine rings is 2. The monoisotopic (exact) mass is 544 g/mol. The van der Waals surface area contributed by atoms with Gasteiger partial charge in [0.15, 0.2) is 5.69 Å². The van der Waals surface area contributed by atoms with E-state index in [1.165, 1.54) is 0 Å². The van der Waals surface area contributed by atoms with Crippen molar-refractivity contribution in [3.63, 3.8) is 0 Å². The van der Waals surface area contributed by atoms with Crippen LogP contribution < -0.4 is 10.6 Å². The minimum atomic E-state index is -0.374. The Labute approximate surface area is 229 Å². The van der Waals surface area contributed by atoms with Crippen molar-refractivity contribution in [2.75, 3.05) is 37.6 Å². The number of rotatable bonds is 11. The van der Waals surface area contributed by atoms with E-state index in [2.05, 4.69) is 35.9 Å². The Morgan fingerprint density at radius 2 is 1.93 bits per heavy atom. The van der Waals surface area contributed by atoms with Crippen LogP contribution in [0.2, 0.25) is 0 Å². The molecule has 13 nitrogen and oxygen atoms in total. The second-order valence-electron chi connectivity index (χ2n) is 8.23. The first-order chi connectivity index (χ1) is 19.6. The van der Waals surface area contributed by atoms with Crippen molar-refractivity contribution in [1.29, 1.82) is 0 Å². The zero-order chi connectivity index (χ0) is 28.2. The lowest BCUT2D eigenvalue weighted by molar-refractivity contribution is -0.122. The van der Waals surface area contributed by atoms with E-state index in [9.17, 15) is 4.79 Å². The summed E-state index contributed by atoms with van der Waals surface area (Å²) in [5.41, 5.74) is 4.28. The minimum Gasteiger partial charge on any atom is -0.483 e. The van der Waals surface area contributed by atoms with Gasteiger partial charge in [-0.2, -0.15) is 10.2 Å². The number of anilines is 3. The zero-order valence-corrected chi connectivity index (χ0v) is 21.7. The molecule has 40 heavy (non-hydrogen) atoms. The highest BCUT2D eigenvalue weighted by Gasteiger charge is 2.19. The van der Waals surface area contributed by atoms with E-state index in [1.807, 2.05) is 42.5 Å². The van der Waals surface area contributed by atoms with Gasteiger partial charge in [0, 0.05) is 36.8 Å². The summed E-state index contributed by atoms with van der Waals surface area (Å²) >= 11 is 0. The zero-order valence-electron chi connectivity index (χ0n) is 21.7. The smallest absolute Gasteiger partial charge is 0.290 e. The highest BCUT2D eigenvalue weighted by molar-refractivity contribution is 6.08. The normalized spacial score (nSPS) is 10.5. The Bertz CT molecular complexity index is 1540. The number of hydrogen-bond acceptors (Lipinski definition) is 9. The summed E-state index contributed by atoms with van der Waals surface area (Å²) in [6, 6.07) is 14.9. The third-order valence-electron chi connectivity index (χ3n) is 5.56. The molecule has 1 aromatic carbocycles. The quantitative estimate of drug-likeness (QED) is 0.142. The number of methoxy groups -OCH3 is 1. The second kappa shape index (κ2) is 14.1. The van der Waals surface area contributed by atoms with Gasteiger partial charge in [-0.05, 0) is 42.5 Å². The fourth-order valence-electron chi connectivity index (χ4n) is 3.77. The van der Waals surface area contributed by atoms with E-state index in [0.717, 1.165) is 16.6 Å². The largest absolute Gasteiger partial charge is 0.483 e. The van der Waals surface area contributed by atoms with E-state index in [4.69, 9.17) is 19.4 Å². The molecule has 0 fully saturated rings. The molecule has 0 saturated carbocycles. The van der Waals surface area contributed by atoms with E-state index in [0.29, 0.717) is 49.1 Å². The number of carboxylic acid groups (broad SMARTS) is 1. The van der Waals surface area contributed by atoms with Crippen LogP contribution >= 0.6 is 0 Å². The number of fused-ring (bicyclic) bond motifs is 1. The van der Waals surface area contributed by atoms with Crippen molar-refractivity contribution < 1.29 is 24.2 Å². The standard InChI is InChI=1S/C26H26N8O3.CH2O2/c1-36-13-14-37-12-11-34-17-23(24(33-34)21-5-2-3-9-27-21)31-26(35)25-22(6-4-10-28-25)30-19-7-8-20-18(15-19)16-29-32-20;2-1-3/h2-10,15-17,30H,11-14H2,1H3,(H,29,32)(H,31,35);1H,(H,2,3). The maximum atomic E-state index is 13.4. The molecule has 0 saturated heterocycles. The summed E-state index contributed by atoms with van der Waals surface area (Å²) in [5.74, 6) is -0.374. The van der Waals surface area contributed by atoms with Crippen LogP contribution in [0, 0.1) is 0 Å². The molecule has 5 aromatic rings. The van der Waals surface area contributed by atoms with Crippen LogP contribution in [0.4, 0.5) is 17.1 Å². The molecule has 0 aliphatic heterocycles. The number of carbonyl (C=O) groups excluding carboxylic acids is 1. The minimum absolute atomic E-state index is 0.248. The van der Waals surface area contributed by atoms with Gasteiger partial charge >= 0.3 is 0 Å². The fourth-order valence-corrected chi connectivity index (χ4v) is 3.77. The number of benzene rings is 1. The Morgan fingerprint density at radius 3 is 2.73 bits per heavy atom. The maximum absolute atomic E-state index is 13.4. The van der Waals surface area contributed by atoms with E-state index in [1.54, 1.807) is 42.6 Å². The van der Waals surface area contributed by atoms with Gasteiger partial charge in [-0.25, -0.2) is 4.98 Å². The van der Waals surface area contributed by atoms with Crippen molar-refractivity contribution in [2.45, 2.75) is 6.54 Å². The van der Waals surface area contributed by atoms with E-state index in [-0.39, 0.29) is 18.1 Å². The number of ether oxygens (including phenoxy) is 2. The molecule has 4 N–H and O–H groups in total. The Balaban J connectivity index is 0.00000118. The van der Waals surface area contributed by atoms with Crippen molar-refractivity contribution in [3.05, 3.63) is 79.0 Å². The molecule has 0 bridgehead atoms. The van der Waals surface area contributed by atoms with Gasteiger partial charge < -0.3 is 25.2 Å². The molecule has 206 valence electrons. The number of nitrogens with one attached hydrogen (secondary N) is 3. The SMILES string of the molecule is COCCOCCn1cc(NC(=O)c2ncccc2Nc2ccc3[nH]ncc3c2)c(-c2ccccn2)n1.O=CO. The first-order valence-electron chi connectivity index (χ1n) is 12.2. The molecule has 4 aromatic heterocycles. The fraction of sp³-hybridized carbons (Fsp3) is 0.185. The third kappa shape index (κ3) is 7.24. The average molecular weight is 545 g/mol. The highest BCUT2D eigenvalue weighted by atomic mass is 16.5. The summed E-state index contributed by atoms with van der Waals surface area (Å²) in [6.45, 7) is 1.73. The maximum Gasteiger partial charge on any atom is 0.290 e. The molecular weight excluding hydrogens is 516 g/mol. The number of nitrogens with zero attached hydrogens (tertiary/aromatic N) is 5. The molecule has 13 heteroatoms. The van der Waals surface area contributed by atoms with Crippen LogP contribution in [0.3, 0.4) is 0 Å². The molecule has 4 heterocycles. The van der Waals surface area contributed by atoms with Crippen LogP contribution in [-0.2, 0) is 20.8 Å². The summed E-state index contributed by atoms with van der Waals surface area (Å²) in [5, 5.41) is 25.7. The van der Waals surface area contributed by atoms with Gasteiger partial charge in [0.25, 0.3) is 12.4 Å². The summed E-state index contributed by atoms with van der Waals surface area (Å²) in [4.78, 5) is 30.5. The Hall–Kier alpha value is -5.14. The molecule has 0 aliphatic rings. The number of H-pyrrole nitrogens is 1. The van der Waals surface area contributed by atoms with Crippen LogP contribution in [0.5, 0.6) is 0 Å². The van der Waals surface area contributed by atoms with Gasteiger partial charge in [-0.1, -0.05) is 6.07 Å². The lowest BCUT2D eigenvalue weighted by atomic mass is 10.2. The number of aromatic nitrogens is 6. The van der Waals surface area contributed by atoms with Gasteiger partial charge in [0.2, 0.25) is 0 Å². The molecule has 0 atom stereocenters. The second-order valence-corrected chi connectivity index (χ2v) is 8.23. The average Bonchev–Trinajstić information content (AvgIpc) is 3.61.